The maximum absolute atomic E-state index is 12.2. The predicted octanol–water partition coefficient (Wildman–Crippen LogP) is 3.05. The molecule has 0 spiro atoms. The second kappa shape index (κ2) is 8.94. The van der Waals surface area contributed by atoms with Crippen molar-refractivity contribution < 1.29 is 28.5 Å². The molecule has 0 atom stereocenters. The number of hydrogen-bond donors (Lipinski definition) is 1. The van der Waals surface area contributed by atoms with Gasteiger partial charge in [0.25, 0.3) is 0 Å². The molecule has 0 saturated heterocycles. The standard InChI is InChI=1S/C19H23NO6/c1-5-24-18(21)16-12(2)17(20-13(16)3)19(22)26-11-10-25-15-8-6-14(23-4)7-9-15/h6-9,20H,5,10-11H2,1-4H3. The summed E-state index contributed by atoms with van der Waals surface area (Å²) in [4.78, 5) is 27.1. The van der Waals surface area contributed by atoms with Crippen LogP contribution < -0.4 is 9.47 Å². The first kappa shape index (κ1) is 19.4. The lowest BCUT2D eigenvalue weighted by atomic mass is 10.1. The zero-order valence-electron chi connectivity index (χ0n) is 15.4. The second-order valence-corrected chi connectivity index (χ2v) is 5.51. The van der Waals surface area contributed by atoms with Gasteiger partial charge in [-0.3, -0.25) is 0 Å². The van der Waals surface area contributed by atoms with Gasteiger partial charge in [0.1, 0.15) is 30.4 Å². The summed E-state index contributed by atoms with van der Waals surface area (Å²) in [5, 5.41) is 0. The quantitative estimate of drug-likeness (QED) is 0.574. The van der Waals surface area contributed by atoms with E-state index >= 15 is 0 Å². The van der Waals surface area contributed by atoms with E-state index < -0.39 is 11.9 Å². The van der Waals surface area contributed by atoms with Crippen LogP contribution >= 0.6 is 0 Å². The van der Waals surface area contributed by atoms with Crippen molar-refractivity contribution in [3.05, 3.63) is 46.8 Å². The number of benzene rings is 1. The maximum atomic E-state index is 12.2. The number of rotatable bonds is 8. The number of ether oxygens (including phenoxy) is 4. The van der Waals surface area contributed by atoms with Crippen molar-refractivity contribution in [3.8, 4) is 11.5 Å². The van der Waals surface area contributed by atoms with Crippen LogP contribution in [0.15, 0.2) is 24.3 Å². The van der Waals surface area contributed by atoms with E-state index in [1.54, 1.807) is 52.1 Å². The summed E-state index contributed by atoms with van der Waals surface area (Å²) in [6.07, 6.45) is 0. The molecule has 7 heteroatoms. The number of methoxy groups -OCH3 is 1. The molecular weight excluding hydrogens is 338 g/mol. The van der Waals surface area contributed by atoms with Crippen LogP contribution in [-0.2, 0) is 9.47 Å². The Morgan fingerprint density at radius 2 is 1.62 bits per heavy atom. The number of carbonyl (C=O) groups excluding carboxylic acids is 2. The Balaban J connectivity index is 1.89. The summed E-state index contributed by atoms with van der Waals surface area (Å²) in [5.41, 5.74) is 1.70. The molecule has 26 heavy (non-hydrogen) atoms. The highest BCUT2D eigenvalue weighted by atomic mass is 16.6. The van der Waals surface area contributed by atoms with Crippen molar-refractivity contribution in [1.29, 1.82) is 0 Å². The molecule has 0 amide bonds. The zero-order valence-corrected chi connectivity index (χ0v) is 15.4. The van der Waals surface area contributed by atoms with Crippen molar-refractivity contribution in [2.24, 2.45) is 0 Å². The summed E-state index contributed by atoms with van der Waals surface area (Å²) in [6, 6.07) is 7.10. The van der Waals surface area contributed by atoms with E-state index in [2.05, 4.69) is 4.98 Å². The molecule has 1 heterocycles. The molecule has 0 saturated carbocycles. The van der Waals surface area contributed by atoms with Gasteiger partial charge < -0.3 is 23.9 Å². The Morgan fingerprint density at radius 1 is 0.962 bits per heavy atom. The third-order valence-corrected chi connectivity index (χ3v) is 3.77. The lowest BCUT2D eigenvalue weighted by Gasteiger charge is -2.08. The Morgan fingerprint density at radius 3 is 2.23 bits per heavy atom. The van der Waals surface area contributed by atoms with Gasteiger partial charge in [-0.2, -0.15) is 0 Å². The lowest BCUT2D eigenvalue weighted by molar-refractivity contribution is 0.0443. The van der Waals surface area contributed by atoms with Crippen molar-refractivity contribution in [1.82, 2.24) is 4.98 Å². The third kappa shape index (κ3) is 4.56. The monoisotopic (exact) mass is 361 g/mol. The van der Waals surface area contributed by atoms with Crippen LogP contribution in [0.2, 0.25) is 0 Å². The minimum Gasteiger partial charge on any atom is -0.497 e. The first-order chi connectivity index (χ1) is 12.5. The van der Waals surface area contributed by atoms with Crippen LogP contribution in [0, 0.1) is 13.8 Å². The number of H-pyrrole nitrogens is 1. The van der Waals surface area contributed by atoms with Crippen molar-refractivity contribution in [2.75, 3.05) is 26.9 Å². The molecule has 0 bridgehead atoms. The molecule has 1 N–H and O–H groups in total. The predicted molar refractivity (Wildman–Crippen MR) is 95.0 cm³/mol. The fourth-order valence-corrected chi connectivity index (χ4v) is 2.50. The van der Waals surface area contributed by atoms with E-state index in [1.165, 1.54) is 0 Å². The van der Waals surface area contributed by atoms with Gasteiger partial charge in [-0.25, -0.2) is 9.59 Å². The molecule has 140 valence electrons. The van der Waals surface area contributed by atoms with Crippen LogP contribution in [0.1, 0.15) is 39.0 Å². The van der Waals surface area contributed by atoms with E-state index in [-0.39, 0.29) is 25.5 Å². The topological polar surface area (TPSA) is 86.9 Å². The van der Waals surface area contributed by atoms with E-state index in [0.29, 0.717) is 22.6 Å². The van der Waals surface area contributed by atoms with Crippen molar-refractivity contribution >= 4 is 11.9 Å². The van der Waals surface area contributed by atoms with Gasteiger partial charge >= 0.3 is 11.9 Å². The molecule has 0 unspecified atom stereocenters. The highest BCUT2D eigenvalue weighted by molar-refractivity contribution is 5.98. The lowest BCUT2D eigenvalue weighted by Crippen LogP contribution is -2.14. The van der Waals surface area contributed by atoms with Gasteiger partial charge in [-0.15, -0.1) is 0 Å². The van der Waals surface area contributed by atoms with Crippen molar-refractivity contribution in [2.45, 2.75) is 20.8 Å². The fraction of sp³-hybridized carbons (Fsp3) is 0.368. The SMILES string of the molecule is CCOC(=O)c1c(C)[nH]c(C(=O)OCCOc2ccc(OC)cc2)c1C. The Hall–Kier alpha value is -2.96. The average Bonchev–Trinajstić information content (AvgIpc) is 2.93. The van der Waals surface area contributed by atoms with Crippen LogP contribution in [0.25, 0.3) is 0 Å². The number of esters is 2. The molecule has 0 fully saturated rings. The van der Waals surface area contributed by atoms with E-state index in [0.717, 1.165) is 5.75 Å². The number of carbonyl (C=O) groups is 2. The summed E-state index contributed by atoms with van der Waals surface area (Å²) in [6.45, 7) is 5.68. The molecule has 1 aromatic heterocycles. The maximum Gasteiger partial charge on any atom is 0.355 e. The van der Waals surface area contributed by atoms with Crippen LogP contribution in [0.5, 0.6) is 11.5 Å². The summed E-state index contributed by atoms with van der Waals surface area (Å²) in [5.74, 6) is 0.386. The molecule has 0 radical (unpaired) electrons. The van der Waals surface area contributed by atoms with Gasteiger partial charge in [0.15, 0.2) is 0 Å². The minimum atomic E-state index is -0.542. The molecule has 0 aliphatic heterocycles. The summed E-state index contributed by atoms with van der Waals surface area (Å²) >= 11 is 0. The average molecular weight is 361 g/mol. The van der Waals surface area contributed by atoms with Crippen LogP contribution in [-0.4, -0.2) is 43.9 Å². The number of aryl methyl sites for hydroxylation is 1. The fourth-order valence-electron chi connectivity index (χ4n) is 2.50. The third-order valence-electron chi connectivity index (χ3n) is 3.77. The Labute approximate surface area is 152 Å². The normalized spacial score (nSPS) is 10.3. The van der Waals surface area contributed by atoms with Gasteiger partial charge in [0.05, 0.1) is 19.3 Å². The largest absolute Gasteiger partial charge is 0.497 e. The second-order valence-electron chi connectivity index (χ2n) is 5.51. The minimum absolute atomic E-state index is 0.0805. The number of nitrogens with one attached hydrogen (secondary N) is 1. The number of aromatic nitrogens is 1. The molecule has 7 nitrogen and oxygen atoms in total. The molecule has 2 aromatic rings. The number of aromatic amines is 1. The van der Waals surface area contributed by atoms with Gasteiger partial charge in [0.2, 0.25) is 0 Å². The first-order valence-corrected chi connectivity index (χ1v) is 8.28. The molecule has 0 aliphatic carbocycles. The molecule has 1 aromatic carbocycles. The molecule has 0 aliphatic rings. The van der Waals surface area contributed by atoms with Gasteiger partial charge in [-0.1, -0.05) is 0 Å². The Bertz CT molecular complexity index is 763. The Kier molecular flexibility index (Phi) is 6.66. The summed E-state index contributed by atoms with van der Waals surface area (Å²) < 4.78 is 20.8. The van der Waals surface area contributed by atoms with Crippen molar-refractivity contribution in [3.63, 3.8) is 0 Å². The summed E-state index contributed by atoms with van der Waals surface area (Å²) in [7, 11) is 1.59. The van der Waals surface area contributed by atoms with E-state index in [4.69, 9.17) is 18.9 Å². The smallest absolute Gasteiger partial charge is 0.355 e. The van der Waals surface area contributed by atoms with Crippen LogP contribution in [0.4, 0.5) is 0 Å². The van der Waals surface area contributed by atoms with Gasteiger partial charge in [-0.05, 0) is 50.6 Å². The zero-order chi connectivity index (χ0) is 19.1. The first-order valence-electron chi connectivity index (χ1n) is 8.28. The van der Waals surface area contributed by atoms with E-state index in [1.807, 2.05) is 0 Å². The van der Waals surface area contributed by atoms with E-state index in [9.17, 15) is 9.59 Å². The van der Waals surface area contributed by atoms with Gasteiger partial charge in [0, 0.05) is 5.69 Å². The number of hydrogen-bond acceptors (Lipinski definition) is 6. The molecule has 2 rings (SSSR count). The van der Waals surface area contributed by atoms with Crippen LogP contribution in [0.3, 0.4) is 0 Å². The highest BCUT2D eigenvalue weighted by Gasteiger charge is 2.23. The molecular formula is C19H23NO6. The highest BCUT2D eigenvalue weighted by Crippen LogP contribution is 2.20.